The van der Waals surface area contributed by atoms with Crippen LogP contribution in [0.25, 0.3) is 0 Å². The number of hydrogen-bond acceptors (Lipinski definition) is 7. The van der Waals surface area contributed by atoms with Crippen molar-refractivity contribution in [3.05, 3.63) is 64.2 Å². The van der Waals surface area contributed by atoms with Crippen LogP contribution in [0.2, 0.25) is 0 Å². The van der Waals surface area contributed by atoms with E-state index in [9.17, 15) is 23.3 Å². The quantitative estimate of drug-likeness (QED) is 0.484. The van der Waals surface area contributed by atoms with Crippen LogP contribution >= 0.6 is 0 Å². The molecule has 3 rings (SSSR count). The molecule has 1 saturated heterocycles. The molecule has 10 heteroatoms. The molecule has 160 valence electrons. The van der Waals surface area contributed by atoms with Crippen molar-refractivity contribution >= 4 is 27.3 Å². The van der Waals surface area contributed by atoms with Crippen LogP contribution in [-0.4, -0.2) is 39.0 Å². The Morgan fingerprint density at radius 3 is 2.50 bits per heavy atom. The van der Waals surface area contributed by atoms with Crippen LogP contribution in [0.5, 0.6) is 0 Å². The molecule has 1 aliphatic heterocycles. The smallest absolute Gasteiger partial charge is 0.293 e. The summed E-state index contributed by atoms with van der Waals surface area (Å²) in [6.07, 6.45) is 2.76. The minimum Gasteiger partial charge on any atom is -0.381 e. The van der Waals surface area contributed by atoms with Gasteiger partial charge >= 0.3 is 0 Å². The molecule has 0 unspecified atom stereocenters. The summed E-state index contributed by atoms with van der Waals surface area (Å²) < 4.78 is 32.3. The fourth-order valence-electron chi connectivity index (χ4n) is 3.25. The molecule has 0 aliphatic carbocycles. The number of rotatable bonds is 8. The topological polar surface area (TPSA) is 128 Å². The number of nitrogens with zero attached hydrogens (tertiary/aromatic N) is 1. The molecule has 30 heavy (non-hydrogen) atoms. The van der Waals surface area contributed by atoms with Gasteiger partial charge in [0.1, 0.15) is 5.69 Å². The molecule has 0 aromatic heterocycles. The summed E-state index contributed by atoms with van der Waals surface area (Å²) in [5.74, 6) is -0.310. The molecule has 1 aliphatic rings. The summed E-state index contributed by atoms with van der Waals surface area (Å²) in [6.45, 7) is 1.99. The van der Waals surface area contributed by atoms with E-state index in [2.05, 4.69) is 5.32 Å². The third kappa shape index (κ3) is 5.55. The zero-order chi connectivity index (χ0) is 21.6. The highest BCUT2D eigenvalue weighted by Crippen LogP contribution is 2.28. The highest BCUT2D eigenvalue weighted by atomic mass is 32.2. The molecule has 0 spiro atoms. The third-order valence-corrected chi connectivity index (χ3v) is 6.28. The number of carbonyl (C=O) groups excluding carboxylic acids is 1. The summed E-state index contributed by atoms with van der Waals surface area (Å²) in [5, 5.41) is 14.5. The summed E-state index contributed by atoms with van der Waals surface area (Å²) in [4.78, 5) is 22.6. The molecule has 0 radical (unpaired) electrons. The van der Waals surface area contributed by atoms with Gasteiger partial charge < -0.3 is 10.1 Å². The molecular formula is C20H23N3O6S. The molecule has 1 amide bonds. The Kier molecular flexibility index (Phi) is 7.01. The van der Waals surface area contributed by atoms with Gasteiger partial charge in [-0.3, -0.25) is 14.9 Å². The predicted molar refractivity (Wildman–Crippen MR) is 111 cm³/mol. The van der Waals surface area contributed by atoms with Crippen LogP contribution in [0.3, 0.4) is 0 Å². The van der Waals surface area contributed by atoms with Gasteiger partial charge in [-0.25, -0.2) is 13.1 Å². The fraction of sp³-hybridized carbons (Fsp3) is 0.350. The van der Waals surface area contributed by atoms with Crippen molar-refractivity contribution in [2.24, 2.45) is 5.92 Å². The molecule has 2 aromatic carbocycles. The van der Waals surface area contributed by atoms with Gasteiger partial charge in [-0.2, -0.15) is 0 Å². The maximum Gasteiger partial charge on any atom is 0.293 e. The van der Waals surface area contributed by atoms with Crippen molar-refractivity contribution in [2.75, 3.05) is 25.1 Å². The van der Waals surface area contributed by atoms with Crippen LogP contribution in [-0.2, 0) is 14.8 Å². The number of amides is 1. The van der Waals surface area contributed by atoms with Gasteiger partial charge in [-0.1, -0.05) is 18.2 Å². The number of hydrogen-bond donors (Lipinski definition) is 2. The molecular weight excluding hydrogens is 410 g/mol. The van der Waals surface area contributed by atoms with Crippen LogP contribution in [0.15, 0.2) is 53.4 Å². The van der Waals surface area contributed by atoms with Crippen LogP contribution < -0.4 is 10.0 Å². The average Bonchev–Trinajstić information content (AvgIpc) is 2.74. The normalized spacial score (nSPS) is 14.8. The van der Waals surface area contributed by atoms with Gasteiger partial charge in [0.2, 0.25) is 0 Å². The standard InChI is InChI=1S/C20H23N3O6S/c24-20(16-4-2-1-3-5-16)22-30(27,28)17-6-7-18(19(14-17)23(25)26)21-11-8-15-9-12-29-13-10-15/h1-7,14-15,21H,8-13H2,(H,22,24). The number of nitrogens with one attached hydrogen (secondary N) is 2. The van der Waals surface area contributed by atoms with E-state index < -0.39 is 20.9 Å². The Balaban J connectivity index is 1.71. The number of nitro benzene ring substituents is 1. The summed E-state index contributed by atoms with van der Waals surface area (Å²) in [7, 11) is -4.26. The van der Waals surface area contributed by atoms with Gasteiger partial charge in [0, 0.05) is 31.4 Å². The van der Waals surface area contributed by atoms with Crippen molar-refractivity contribution in [2.45, 2.75) is 24.2 Å². The number of anilines is 1. The van der Waals surface area contributed by atoms with Crippen molar-refractivity contribution in [1.29, 1.82) is 0 Å². The lowest BCUT2D eigenvalue weighted by Crippen LogP contribution is -2.30. The number of nitro groups is 1. The highest BCUT2D eigenvalue weighted by molar-refractivity contribution is 7.90. The first-order valence-corrected chi connectivity index (χ1v) is 11.1. The minimum atomic E-state index is -4.26. The van der Waals surface area contributed by atoms with Crippen molar-refractivity contribution in [3.63, 3.8) is 0 Å². The van der Waals surface area contributed by atoms with Gasteiger partial charge in [-0.15, -0.1) is 0 Å². The minimum absolute atomic E-state index is 0.168. The molecule has 2 aromatic rings. The van der Waals surface area contributed by atoms with E-state index in [1.807, 2.05) is 4.72 Å². The molecule has 1 fully saturated rings. The largest absolute Gasteiger partial charge is 0.381 e. The Bertz CT molecular complexity index is 1000. The Morgan fingerprint density at radius 1 is 1.13 bits per heavy atom. The molecule has 9 nitrogen and oxygen atoms in total. The lowest BCUT2D eigenvalue weighted by atomic mass is 9.97. The molecule has 0 atom stereocenters. The monoisotopic (exact) mass is 433 g/mol. The van der Waals surface area contributed by atoms with Gasteiger partial charge in [-0.05, 0) is 49.4 Å². The van der Waals surface area contributed by atoms with E-state index in [1.54, 1.807) is 18.2 Å². The summed E-state index contributed by atoms with van der Waals surface area (Å²) in [6, 6.07) is 11.4. The second-order valence-electron chi connectivity index (χ2n) is 7.01. The van der Waals surface area contributed by atoms with Gasteiger partial charge in [0.15, 0.2) is 0 Å². The van der Waals surface area contributed by atoms with Gasteiger partial charge in [0.25, 0.3) is 21.6 Å². The predicted octanol–water partition coefficient (Wildman–Crippen LogP) is 2.94. The van der Waals surface area contributed by atoms with Crippen LogP contribution in [0.1, 0.15) is 29.6 Å². The molecule has 1 heterocycles. The maximum atomic E-state index is 12.5. The van der Waals surface area contributed by atoms with Crippen LogP contribution in [0.4, 0.5) is 11.4 Å². The first kappa shape index (κ1) is 21.7. The molecule has 2 N–H and O–H groups in total. The Morgan fingerprint density at radius 2 is 1.83 bits per heavy atom. The lowest BCUT2D eigenvalue weighted by molar-refractivity contribution is -0.384. The highest BCUT2D eigenvalue weighted by Gasteiger charge is 2.24. The number of benzene rings is 2. The number of sulfonamides is 1. The van der Waals surface area contributed by atoms with E-state index in [0.29, 0.717) is 12.5 Å². The van der Waals surface area contributed by atoms with Crippen molar-refractivity contribution in [1.82, 2.24) is 4.72 Å². The van der Waals surface area contributed by atoms with E-state index in [-0.39, 0.29) is 21.8 Å². The zero-order valence-electron chi connectivity index (χ0n) is 16.2. The van der Waals surface area contributed by atoms with Crippen molar-refractivity contribution in [3.8, 4) is 0 Å². The number of ether oxygens (including phenoxy) is 1. The summed E-state index contributed by atoms with van der Waals surface area (Å²) >= 11 is 0. The van der Waals surface area contributed by atoms with E-state index in [1.165, 1.54) is 24.3 Å². The van der Waals surface area contributed by atoms with Crippen molar-refractivity contribution < 1.29 is 22.9 Å². The zero-order valence-corrected chi connectivity index (χ0v) is 17.1. The van der Waals surface area contributed by atoms with E-state index in [4.69, 9.17) is 4.74 Å². The lowest BCUT2D eigenvalue weighted by Gasteiger charge is -2.22. The SMILES string of the molecule is O=C(NS(=O)(=O)c1ccc(NCCC2CCOCC2)c([N+](=O)[O-])c1)c1ccccc1. The average molecular weight is 433 g/mol. The number of carbonyl (C=O) groups is 1. The second-order valence-corrected chi connectivity index (χ2v) is 8.69. The Hall–Kier alpha value is -2.98. The van der Waals surface area contributed by atoms with E-state index in [0.717, 1.165) is 38.5 Å². The molecule has 0 saturated carbocycles. The second kappa shape index (κ2) is 9.68. The first-order valence-electron chi connectivity index (χ1n) is 9.59. The van der Waals surface area contributed by atoms with Gasteiger partial charge in [0.05, 0.1) is 9.82 Å². The molecule has 0 bridgehead atoms. The van der Waals surface area contributed by atoms with E-state index >= 15 is 0 Å². The Labute approximate surface area is 174 Å². The summed E-state index contributed by atoms with van der Waals surface area (Å²) in [5.41, 5.74) is 0.0411. The maximum absolute atomic E-state index is 12.5. The first-order chi connectivity index (χ1) is 14.4. The third-order valence-electron chi connectivity index (χ3n) is 4.95. The fourth-order valence-corrected chi connectivity index (χ4v) is 4.25. The van der Waals surface area contributed by atoms with Crippen LogP contribution in [0, 0.1) is 16.0 Å².